The molecule has 18 heavy (non-hydrogen) atoms. The van der Waals surface area contributed by atoms with Gasteiger partial charge in [-0.3, -0.25) is 4.68 Å². The molecular weight excluding hydrogens is 224 g/mol. The molecule has 2 rings (SSSR count). The topological polar surface area (TPSA) is 27.1 Å². The maximum atomic E-state index is 5.40. The van der Waals surface area contributed by atoms with Crippen molar-refractivity contribution >= 4 is 0 Å². The van der Waals surface area contributed by atoms with Crippen LogP contribution >= 0.6 is 0 Å². The molecule has 0 saturated heterocycles. The standard InChI is InChI=1S/C15H20N2O/c1-6-17-12(4)14(9-16-17)13-7-10(2)15(18-5)11(3)8-13/h7-9H,6H2,1-5H3. The van der Waals surface area contributed by atoms with Crippen LogP contribution in [0.15, 0.2) is 18.3 Å². The van der Waals surface area contributed by atoms with Crippen molar-refractivity contribution in [3.05, 3.63) is 35.2 Å². The second-order valence-electron chi connectivity index (χ2n) is 4.60. The molecule has 0 atom stereocenters. The highest BCUT2D eigenvalue weighted by atomic mass is 16.5. The van der Waals surface area contributed by atoms with Gasteiger partial charge in [0.15, 0.2) is 0 Å². The van der Waals surface area contributed by atoms with Crippen LogP contribution in [-0.2, 0) is 6.54 Å². The fraction of sp³-hybridized carbons (Fsp3) is 0.400. The normalized spacial score (nSPS) is 10.7. The molecule has 0 N–H and O–H groups in total. The van der Waals surface area contributed by atoms with Gasteiger partial charge < -0.3 is 4.74 Å². The molecule has 1 aromatic carbocycles. The predicted molar refractivity (Wildman–Crippen MR) is 74.1 cm³/mol. The number of ether oxygens (including phenoxy) is 1. The van der Waals surface area contributed by atoms with Gasteiger partial charge in [0.05, 0.1) is 13.3 Å². The summed E-state index contributed by atoms with van der Waals surface area (Å²) in [6.45, 7) is 9.28. The van der Waals surface area contributed by atoms with E-state index in [1.165, 1.54) is 16.8 Å². The Morgan fingerprint density at radius 1 is 1.17 bits per heavy atom. The summed E-state index contributed by atoms with van der Waals surface area (Å²) >= 11 is 0. The summed E-state index contributed by atoms with van der Waals surface area (Å²) in [5, 5.41) is 4.40. The molecule has 0 fully saturated rings. The summed E-state index contributed by atoms with van der Waals surface area (Å²) in [7, 11) is 1.72. The zero-order chi connectivity index (χ0) is 13.3. The fourth-order valence-electron chi connectivity index (χ4n) is 2.48. The number of hydrogen-bond donors (Lipinski definition) is 0. The van der Waals surface area contributed by atoms with Crippen molar-refractivity contribution in [1.29, 1.82) is 0 Å². The minimum Gasteiger partial charge on any atom is -0.496 e. The Hall–Kier alpha value is -1.77. The third-order valence-corrected chi connectivity index (χ3v) is 3.38. The van der Waals surface area contributed by atoms with Gasteiger partial charge in [-0.15, -0.1) is 0 Å². The van der Waals surface area contributed by atoms with Crippen LogP contribution in [0.4, 0.5) is 0 Å². The highest BCUT2D eigenvalue weighted by Gasteiger charge is 2.11. The molecule has 2 aromatic rings. The molecule has 1 aromatic heterocycles. The monoisotopic (exact) mass is 244 g/mol. The molecule has 0 radical (unpaired) electrons. The van der Waals surface area contributed by atoms with E-state index in [0.717, 1.165) is 23.4 Å². The van der Waals surface area contributed by atoms with Crippen LogP contribution < -0.4 is 4.74 Å². The number of aromatic nitrogens is 2. The lowest BCUT2D eigenvalue weighted by Gasteiger charge is -2.11. The number of aryl methyl sites for hydroxylation is 3. The van der Waals surface area contributed by atoms with Crippen molar-refractivity contribution in [1.82, 2.24) is 9.78 Å². The molecule has 0 unspecified atom stereocenters. The van der Waals surface area contributed by atoms with Gasteiger partial charge >= 0.3 is 0 Å². The Morgan fingerprint density at radius 2 is 1.78 bits per heavy atom. The first-order valence-electron chi connectivity index (χ1n) is 6.26. The molecule has 1 heterocycles. The number of hydrogen-bond acceptors (Lipinski definition) is 2. The van der Waals surface area contributed by atoms with E-state index in [4.69, 9.17) is 4.74 Å². The Labute approximate surface area is 108 Å². The largest absolute Gasteiger partial charge is 0.496 e. The molecular formula is C15H20N2O. The third-order valence-electron chi connectivity index (χ3n) is 3.38. The lowest BCUT2D eigenvalue weighted by atomic mass is 10.0. The third kappa shape index (κ3) is 2.01. The van der Waals surface area contributed by atoms with Crippen molar-refractivity contribution in [3.8, 4) is 16.9 Å². The van der Waals surface area contributed by atoms with Gasteiger partial charge in [0.25, 0.3) is 0 Å². The Morgan fingerprint density at radius 3 is 2.22 bits per heavy atom. The zero-order valence-corrected chi connectivity index (χ0v) is 11.7. The highest BCUT2D eigenvalue weighted by molar-refractivity contribution is 5.68. The second kappa shape index (κ2) is 4.84. The van der Waals surface area contributed by atoms with Crippen LogP contribution in [0.5, 0.6) is 5.75 Å². The molecule has 96 valence electrons. The van der Waals surface area contributed by atoms with Crippen molar-refractivity contribution in [3.63, 3.8) is 0 Å². The van der Waals surface area contributed by atoms with E-state index in [1.807, 2.05) is 10.9 Å². The van der Waals surface area contributed by atoms with Gasteiger partial charge in [-0.25, -0.2) is 0 Å². The summed E-state index contributed by atoms with van der Waals surface area (Å²) in [5.74, 6) is 0.972. The zero-order valence-electron chi connectivity index (χ0n) is 11.7. The summed E-state index contributed by atoms with van der Waals surface area (Å²) in [6, 6.07) is 4.33. The van der Waals surface area contributed by atoms with E-state index in [1.54, 1.807) is 7.11 Å². The van der Waals surface area contributed by atoms with E-state index in [2.05, 4.69) is 44.9 Å². The molecule has 0 saturated carbocycles. The second-order valence-corrected chi connectivity index (χ2v) is 4.60. The van der Waals surface area contributed by atoms with Gasteiger partial charge in [-0.2, -0.15) is 5.10 Å². The number of nitrogens with zero attached hydrogens (tertiary/aromatic N) is 2. The first-order valence-corrected chi connectivity index (χ1v) is 6.26. The van der Waals surface area contributed by atoms with E-state index >= 15 is 0 Å². The molecule has 0 spiro atoms. The van der Waals surface area contributed by atoms with Gasteiger partial charge in [0, 0.05) is 17.8 Å². The minimum atomic E-state index is 0.903. The van der Waals surface area contributed by atoms with E-state index in [0.29, 0.717) is 0 Å². The maximum Gasteiger partial charge on any atom is 0.124 e. The molecule has 0 aliphatic carbocycles. The van der Waals surface area contributed by atoms with Crippen LogP contribution in [0.25, 0.3) is 11.1 Å². The maximum absolute atomic E-state index is 5.40. The van der Waals surface area contributed by atoms with Gasteiger partial charge in [-0.05, 0) is 56.5 Å². The van der Waals surface area contributed by atoms with Crippen molar-refractivity contribution in [2.45, 2.75) is 34.2 Å². The van der Waals surface area contributed by atoms with E-state index in [-0.39, 0.29) is 0 Å². The van der Waals surface area contributed by atoms with Crippen LogP contribution in [-0.4, -0.2) is 16.9 Å². The SMILES string of the molecule is CCn1ncc(-c2cc(C)c(OC)c(C)c2)c1C. The molecule has 0 aliphatic heterocycles. The number of rotatable bonds is 3. The van der Waals surface area contributed by atoms with Gasteiger partial charge in [-0.1, -0.05) is 0 Å². The quantitative estimate of drug-likeness (QED) is 0.826. The summed E-state index contributed by atoms with van der Waals surface area (Å²) in [5.41, 5.74) is 5.95. The average molecular weight is 244 g/mol. The summed E-state index contributed by atoms with van der Waals surface area (Å²) in [6.07, 6.45) is 1.94. The smallest absolute Gasteiger partial charge is 0.124 e. The summed E-state index contributed by atoms with van der Waals surface area (Å²) < 4.78 is 7.42. The number of benzene rings is 1. The molecule has 0 aliphatic rings. The first-order chi connectivity index (χ1) is 8.58. The Balaban J connectivity index is 2.54. The highest BCUT2D eigenvalue weighted by Crippen LogP contribution is 2.31. The lowest BCUT2D eigenvalue weighted by Crippen LogP contribution is -1.98. The van der Waals surface area contributed by atoms with Crippen LogP contribution in [0, 0.1) is 20.8 Å². The van der Waals surface area contributed by atoms with E-state index in [9.17, 15) is 0 Å². The van der Waals surface area contributed by atoms with Crippen molar-refractivity contribution in [2.75, 3.05) is 7.11 Å². The minimum absolute atomic E-state index is 0.903. The molecule has 3 heteroatoms. The number of methoxy groups -OCH3 is 1. The molecule has 3 nitrogen and oxygen atoms in total. The van der Waals surface area contributed by atoms with Gasteiger partial charge in [0.2, 0.25) is 0 Å². The van der Waals surface area contributed by atoms with Crippen molar-refractivity contribution in [2.24, 2.45) is 0 Å². The van der Waals surface area contributed by atoms with Crippen molar-refractivity contribution < 1.29 is 4.74 Å². The van der Waals surface area contributed by atoms with E-state index < -0.39 is 0 Å². The molecule has 0 amide bonds. The Kier molecular flexibility index (Phi) is 3.41. The van der Waals surface area contributed by atoms with Crippen LogP contribution in [0.3, 0.4) is 0 Å². The lowest BCUT2D eigenvalue weighted by molar-refractivity contribution is 0.408. The predicted octanol–water partition coefficient (Wildman–Crippen LogP) is 3.50. The Bertz CT molecular complexity index is 547. The fourth-order valence-corrected chi connectivity index (χ4v) is 2.48. The van der Waals surface area contributed by atoms with Crippen LogP contribution in [0.1, 0.15) is 23.7 Å². The summed E-state index contributed by atoms with van der Waals surface area (Å²) in [4.78, 5) is 0. The van der Waals surface area contributed by atoms with Gasteiger partial charge in [0.1, 0.15) is 5.75 Å². The molecule has 0 bridgehead atoms. The first kappa shape index (κ1) is 12.7. The average Bonchev–Trinajstić information content (AvgIpc) is 2.70. The van der Waals surface area contributed by atoms with Crippen LogP contribution in [0.2, 0.25) is 0 Å².